The number of anilines is 1. The molecule has 2 aromatic rings. The molecule has 2 rings (SSSR count). The Morgan fingerprint density at radius 1 is 1.14 bits per heavy atom. The number of aromatic carboxylic acids is 1. The zero-order valence-corrected chi connectivity index (χ0v) is 10.9. The summed E-state index contributed by atoms with van der Waals surface area (Å²) in [4.78, 5) is 22.8. The summed E-state index contributed by atoms with van der Waals surface area (Å²) in [7, 11) is 0. The third kappa shape index (κ3) is 3.29. The average molecular weight is 314 g/mol. The maximum absolute atomic E-state index is 13.2. The van der Waals surface area contributed by atoms with Gasteiger partial charge in [-0.15, -0.1) is 10.2 Å². The Hall–Kier alpha value is -2.61. The van der Waals surface area contributed by atoms with Gasteiger partial charge in [-0.05, 0) is 18.2 Å². The number of rotatable bonds is 3. The molecule has 2 N–H and O–H groups in total. The number of halogens is 3. The molecule has 1 aromatic heterocycles. The van der Waals surface area contributed by atoms with Crippen LogP contribution in [0.15, 0.2) is 24.3 Å². The molecule has 0 unspecified atom stereocenters. The van der Waals surface area contributed by atoms with Crippen LogP contribution in [0.2, 0.25) is 5.15 Å². The third-order valence-electron chi connectivity index (χ3n) is 2.40. The van der Waals surface area contributed by atoms with E-state index in [0.29, 0.717) is 12.1 Å². The van der Waals surface area contributed by atoms with Gasteiger partial charge in [0.1, 0.15) is 0 Å². The fourth-order valence-electron chi connectivity index (χ4n) is 1.45. The van der Waals surface area contributed by atoms with Gasteiger partial charge in [-0.2, -0.15) is 0 Å². The summed E-state index contributed by atoms with van der Waals surface area (Å²) >= 11 is 5.51. The lowest BCUT2D eigenvalue weighted by Crippen LogP contribution is -2.17. The van der Waals surface area contributed by atoms with E-state index < -0.39 is 34.8 Å². The summed E-state index contributed by atoms with van der Waals surface area (Å²) in [5, 5.41) is 18.0. The van der Waals surface area contributed by atoms with Crippen LogP contribution in [-0.4, -0.2) is 27.2 Å². The Balaban J connectivity index is 2.34. The number of benzene rings is 1. The standard InChI is InChI=1S/C12H6ClF2N3O3/c13-10-2-1-8(17-18-10)11(19)16-9-4-7(15)6(14)3-5(9)12(20)21/h1-4H,(H,16,19)(H,20,21). The highest BCUT2D eigenvalue weighted by Gasteiger charge is 2.18. The Morgan fingerprint density at radius 3 is 2.38 bits per heavy atom. The molecule has 0 bridgehead atoms. The summed E-state index contributed by atoms with van der Waals surface area (Å²) in [5.41, 5.74) is -1.16. The topological polar surface area (TPSA) is 92.2 Å². The number of amides is 1. The van der Waals surface area contributed by atoms with E-state index >= 15 is 0 Å². The number of carboxylic acids is 1. The molecule has 0 saturated heterocycles. The van der Waals surface area contributed by atoms with Crippen molar-refractivity contribution in [1.82, 2.24) is 10.2 Å². The van der Waals surface area contributed by atoms with Crippen molar-refractivity contribution in [1.29, 1.82) is 0 Å². The van der Waals surface area contributed by atoms with E-state index in [9.17, 15) is 18.4 Å². The van der Waals surface area contributed by atoms with Gasteiger partial charge < -0.3 is 10.4 Å². The third-order valence-corrected chi connectivity index (χ3v) is 2.61. The SMILES string of the molecule is O=C(Nc1cc(F)c(F)cc1C(=O)O)c1ccc(Cl)nn1. The van der Waals surface area contributed by atoms with Gasteiger partial charge in [-0.3, -0.25) is 4.79 Å². The number of nitrogens with zero attached hydrogens (tertiary/aromatic N) is 2. The average Bonchev–Trinajstić information content (AvgIpc) is 2.43. The highest BCUT2D eigenvalue weighted by Crippen LogP contribution is 2.21. The molecular formula is C12H6ClF2N3O3. The van der Waals surface area contributed by atoms with Crippen LogP contribution in [0.4, 0.5) is 14.5 Å². The van der Waals surface area contributed by atoms with Crippen LogP contribution < -0.4 is 5.32 Å². The molecule has 0 aliphatic carbocycles. The highest BCUT2D eigenvalue weighted by molar-refractivity contribution is 6.29. The van der Waals surface area contributed by atoms with Crippen molar-refractivity contribution < 1.29 is 23.5 Å². The second-order valence-corrected chi connectivity index (χ2v) is 4.20. The van der Waals surface area contributed by atoms with Crippen molar-refractivity contribution in [2.24, 2.45) is 0 Å². The van der Waals surface area contributed by atoms with Gasteiger partial charge in [0.05, 0.1) is 11.3 Å². The smallest absolute Gasteiger partial charge is 0.337 e. The number of aromatic nitrogens is 2. The molecule has 0 fully saturated rings. The van der Waals surface area contributed by atoms with E-state index in [1.165, 1.54) is 12.1 Å². The van der Waals surface area contributed by atoms with Crippen molar-refractivity contribution in [3.05, 3.63) is 52.3 Å². The summed E-state index contributed by atoms with van der Waals surface area (Å²) < 4.78 is 26.2. The van der Waals surface area contributed by atoms with Gasteiger partial charge in [0.2, 0.25) is 0 Å². The highest BCUT2D eigenvalue weighted by atomic mass is 35.5. The van der Waals surface area contributed by atoms with Gasteiger partial charge in [0, 0.05) is 6.07 Å². The molecule has 0 spiro atoms. The minimum Gasteiger partial charge on any atom is -0.478 e. The van der Waals surface area contributed by atoms with Crippen molar-refractivity contribution in [2.75, 3.05) is 5.32 Å². The van der Waals surface area contributed by atoms with E-state index in [-0.39, 0.29) is 10.8 Å². The summed E-state index contributed by atoms with van der Waals surface area (Å²) in [6.45, 7) is 0. The number of nitrogens with one attached hydrogen (secondary N) is 1. The quantitative estimate of drug-likeness (QED) is 0.907. The predicted octanol–water partition coefficient (Wildman–Crippen LogP) is 2.36. The van der Waals surface area contributed by atoms with Gasteiger partial charge >= 0.3 is 5.97 Å². The minimum absolute atomic E-state index is 0.0607. The second-order valence-electron chi connectivity index (χ2n) is 3.81. The second kappa shape index (κ2) is 5.80. The van der Waals surface area contributed by atoms with Gasteiger partial charge in [0.25, 0.3) is 5.91 Å². The lowest BCUT2D eigenvalue weighted by atomic mass is 10.1. The van der Waals surface area contributed by atoms with Crippen LogP contribution in [0.5, 0.6) is 0 Å². The molecule has 0 atom stereocenters. The minimum atomic E-state index is -1.52. The van der Waals surface area contributed by atoms with Crippen LogP contribution in [-0.2, 0) is 0 Å². The molecular weight excluding hydrogens is 308 g/mol. The van der Waals surface area contributed by atoms with Crippen LogP contribution in [0, 0.1) is 11.6 Å². The molecule has 6 nitrogen and oxygen atoms in total. The first-order valence-corrected chi connectivity index (χ1v) is 5.79. The number of carbonyl (C=O) groups is 2. The molecule has 1 heterocycles. The van der Waals surface area contributed by atoms with E-state index in [0.717, 1.165) is 0 Å². The van der Waals surface area contributed by atoms with E-state index in [4.69, 9.17) is 16.7 Å². The fraction of sp³-hybridized carbons (Fsp3) is 0. The maximum atomic E-state index is 13.2. The lowest BCUT2D eigenvalue weighted by molar-refractivity contribution is 0.0697. The van der Waals surface area contributed by atoms with E-state index in [1.54, 1.807) is 0 Å². The van der Waals surface area contributed by atoms with Gasteiger partial charge in [0.15, 0.2) is 22.5 Å². The van der Waals surface area contributed by atoms with Crippen LogP contribution in [0.25, 0.3) is 0 Å². The van der Waals surface area contributed by atoms with Gasteiger partial charge in [-0.25, -0.2) is 13.6 Å². The van der Waals surface area contributed by atoms with Crippen molar-refractivity contribution >= 4 is 29.2 Å². The van der Waals surface area contributed by atoms with Crippen molar-refractivity contribution in [2.45, 2.75) is 0 Å². The van der Waals surface area contributed by atoms with E-state index in [2.05, 4.69) is 15.5 Å². The lowest BCUT2D eigenvalue weighted by Gasteiger charge is -2.08. The first-order valence-electron chi connectivity index (χ1n) is 5.41. The number of hydrogen-bond acceptors (Lipinski definition) is 4. The van der Waals surface area contributed by atoms with Crippen LogP contribution >= 0.6 is 11.6 Å². The first kappa shape index (κ1) is 14.8. The van der Waals surface area contributed by atoms with Crippen molar-refractivity contribution in [3.8, 4) is 0 Å². The zero-order chi connectivity index (χ0) is 15.6. The zero-order valence-electron chi connectivity index (χ0n) is 10.1. The Morgan fingerprint density at radius 2 is 1.81 bits per heavy atom. The molecule has 0 aliphatic heterocycles. The van der Waals surface area contributed by atoms with Crippen molar-refractivity contribution in [3.63, 3.8) is 0 Å². The predicted molar refractivity (Wildman–Crippen MR) is 68.3 cm³/mol. The molecule has 1 amide bonds. The molecule has 21 heavy (non-hydrogen) atoms. The fourth-order valence-corrected chi connectivity index (χ4v) is 1.55. The van der Waals surface area contributed by atoms with Gasteiger partial charge in [-0.1, -0.05) is 11.6 Å². The molecule has 9 heteroatoms. The normalized spacial score (nSPS) is 10.2. The monoisotopic (exact) mass is 313 g/mol. The van der Waals surface area contributed by atoms with Crippen LogP contribution in [0.3, 0.4) is 0 Å². The molecule has 1 aromatic carbocycles. The largest absolute Gasteiger partial charge is 0.478 e. The molecule has 0 saturated carbocycles. The first-order chi connectivity index (χ1) is 9.88. The van der Waals surface area contributed by atoms with Crippen LogP contribution in [0.1, 0.15) is 20.8 Å². The maximum Gasteiger partial charge on any atom is 0.337 e. The molecule has 108 valence electrons. The number of hydrogen-bond donors (Lipinski definition) is 2. The molecule has 0 aliphatic rings. The Labute approximate surface area is 121 Å². The summed E-state index contributed by atoms with van der Waals surface area (Å²) in [6, 6.07) is 3.58. The Bertz CT molecular complexity index is 722. The Kier molecular flexibility index (Phi) is 4.08. The summed E-state index contributed by atoms with van der Waals surface area (Å²) in [5.74, 6) is -4.99. The van der Waals surface area contributed by atoms with E-state index in [1.807, 2.05) is 0 Å². The summed E-state index contributed by atoms with van der Waals surface area (Å²) in [6.07, 6.45) is 0. The molecule has 0 radical (unpaired) electrons. The number of carbonyl (C=O) groups excluding carboxylic acids is 1. The number of carboxylic acid groups (broad SMARTS) is 1.